The summed E-state index contributed by atoms with van der Waals surface area (Å²) in [4.78, 5) is 23.8. The van der Waals surface area contributed by atoms with Gasteiger partial charge in [-0.15, -0.1) is 11.3 Å². The third kappa shape index (κ3) is 2.31. The van der Waals surface area contributed by atoms with Crippen LogP contribution in [-0.4, -0.2) is 11.8 Å². The molecule has 0 aliphatic heterocycles. The topological polar surface area (TPSA) is 72.2 Å². The zero-order valence-corrected chi connectivity index (χ0v) is 12.1. The van der Waals surface area contributed by atoms with E-state index in [2.05, 4.69) is 5.32 Å². The van der Waals surface area contributed by atoms with Crippen LogP contribution >= 0.6 is 11.3 Å². The van der Waals surface area contributed by atoms with Crippen molar-refractivity contribution in [1.29, 1.82) is 0 Å². The Hall–Kier alpha value is -2.21. The van der Waals surface area contributed by atoms with E-state index in [1.165, 1.54) is 30.4 Å². The van der Waals surface area contributed by atoms with Crippen LogP contribution in [0.3, 0.4) is 0 Å². The molecule has 1 aliphatic rings. The van der Waals surface area contributed by atoms with Crippen molar-refractivity contribution >= 4 is 28.2 Å². The van der Waals surface area contributed by atoms with Crippen LogP contribution in [-0.2, 0) is 17.6 Å². The lowest BCUT2D eigenvalue weighted by molar-refractivity contribution is -0.114. The third-order valence-corrected chi connectivity index (χ3v) is 4.68. The van der Waals surface area contributed by atoms with Gasteiger partial charge in [-0.1, -0.05) is 6.07 Å². The lowest BCUT2D eigenvalue weighted by atomic mass is 9.89. The van der Waals surface area contributed by atoms with E-state index < -0.39 is 5.91 Å². The van der Waals surface area contributed by atoms with E-state index in [1.54, 1.807) is 6.07 Å². The van der Waals surface area contributed by atoms with Crippen molar-refractivity contribution in [3.63, 3.8) is 0 Å². The molecule has 1 aliphatic carbocycles. The van der Waals surface area contributed by atoms with Crippen LogP contribution in [0.25, 0.3) is 10.4 Å². The largest absolute Gasteiger partial charge is 0.365 e. The maximum Gasteiger partial charge on any atom is 0.252 e. The number of halogens is 1. The summed E-state index contributed by atoms with van der Waals surface area (Å²) in [6.07, 6.45) is 1.38. The molecule has 0 bridgehead atoms. The average molecular weight is 304 g/mol. The second-order valence-corrected chi connectivity index (χ2v) is 5.98. The van der Waals surface area contributed by atoms with Crippen LogP contribution in [0.5, 0.6) is 0 Å². The SMILES string of the molecule is CC(=O)Nc1sc2c(c1C(N)=O)CCc1ccc(F)cc1-2. The first kappa shape index (κ1) is 13.8. The molecule has 108 valence electrons. The average Bonchev–Trinajstić information content (AvgIpc) is 2.76. The number of primary amides is 1. The highest BCUT2D eigenvalue weighted by atomic mass is 32.1. The van der Waals surface area contributed by atoms with Crippen LogP contribution in [0.4, 0.5) is 9.39 Å². The third-order valence-electron chi connectivity index (χ3n) is 3.50. The molecule has 1 heterocycles. The Labute approximate surface area is 124 Å². The standard InChI is InChI=1S/C15H13FN2O2S/c1-7(19)18-15-12(14(17)20)10-5-3-8-2-4-9(16)6-11(8)13(10)21-15/h2,4,6H,3,5H2,1H3,(H2,17,20)(H,18,19). The first-order chi connectivity index (χ1) is 9.97. The molecule has 0 atom stereocenters. The number of carbonyl (C=O) groups is 2. The van der Waals surface area contributed by atoms with Gasteiger partial charge in [0.15, 0.2) is 0 Å². The Morgan fingerprint density at radius 1 is 1.33 bits per heavy atom. The van der Waals surface area contributed by atoms with E-state index in [-0.39, 0.29) is 11.7 Å². The van der Waals surface area contributed by atoms with Crippen molar-refractivity contribution in [3.8, 4) is 10.4 Å². The molecule has 1 aromatic heterocycles. The second-order valence-electron chi connectivity index (χ2n) is 4.96. The van der Waals surface area contributed by atoms with Crippen LogP contribution in [0.15, 0.2) is 18.2 Å². The van der Waals surface area contributed by atoms with Gasteiger partial charge in [0.2, 0.25) is 5.91 Å². The molecule has 3 rings (SSSR count). The summed E-state index contributed by atoms with van der Waals surface area (Å²) in [6.45, 7) is 1.37. The van der Waals surface area contributed by atoms with Crippen molar-refractivity contribution < 1.29 is 14.0 Å². The van der Waals surface area contributed by atoms with Gasteiger partial charge in [0.25, 0.3) is 5.91 Å². The Balaban J connectivity index is 2.23. The molecule has 3 N–H and O–H groups in total. The van der Waals surface area contributed by atoms with Gasteiger partial charge in [0.1, 0.15) is 10.8 Å². The Morgan fingerprint density at radius 3 is 2.76 bits per heavy atom. The fraction of sp³-hybridized carbons (Fsp3) is 0.200. The van der Waals surface area contributed by atoms with Crippen LogP contribution in [0.1, 0.15) is 28.4 Å². The summed E-state index contributed by atoms with van der Waals surface area (Å²) in [5, 5.41) is 3.08. The predicted molar refractivity (Wildman–Crippen MR) is 79.9 cm³/mol. The number of aryl methyl sites for hydroxylation is 1. The molecule has 0 spiro atoms. The van der Waals surface area contributed by atoms with Gasteiger partial charge in [0.05, 0.1) is 5.56 Å². The summed E-state index contributed by atoms with van der Waals surface area (Å²) < 4.78 is 13.5. The number of amides is 2. The molecule has 0 radical (unpaired) electrons. The molecule has 4 nitrogen and oxygen atoms in total. The molecule has 0 saturated heterocycles. The smallest absolute Gasteiger partial charge is 0.252 e. The van der Waals surface area contributed by atoms with E-state index in [0.29, 0.717) is 17.0 Å². The van der Waals surface area contributed by atoms with E-state index in [4.69, 9.17) is 5.73 Å². The Bertz CT molecular complexity index is 767. The highest BCUT2D eigenvalue weighted by molar-refractivity contribution is 7.20. The van der Waals surface area contributed by atoms with E-state index >= 15 is 0 Å². The minimum atomic E-state index is -0.573. The summed E-state index contributed by atoms with van der Waals surface area (Å²) in [5.74, 6) is -1.16. The number of rotatable bonds is 2. The van der Waals surface area contributed by atoms with Crippen molar-refractivity contribution in [2.24, 2.45) is 5.73 Å². The summed E-state index contributed by atoms with van der Waals surface area (Å²) in [6, 6.07) is 4.66. The van der Waals surface area contributed by atoms with Crippen LogP contribution < -0.4 is 11.1 Å². The number of hydrogen-bond donors (Lipinski definition) is 2. The van der Waals surface area contributed by atoms with E-state index in [1.807, 2.05) is 0 Å². The van der Waals surface area contributed by atoms with E-state index in [9.17, 15) is 14.0 Å². The maximum absolute atomic E-state index is 13.5. The molecular weight excluding hydrogens is 291 g/mol. The molecule has 6 heteroatoms. The fourth-order valence-corrected chi connectivity index (χ4v) is 4.02. The molecule has 21 heavy (non-hydrogen) atoms. The summed E-state index contributed by atoms with van der Waals surface area (Å²) in [5.41, 5.74) is 8.41. The first-order valence-corrected chi connectivity index (χ1v) is 7.31. The number of nitrogens with one attached hydrogen (secondary N) is 1. The number of thiophene rings is 1. The maximum atomic E-state index is 13.5. The predicted octanol–water partition coefficient (Wildman–Crippen LogP) is 2.71. The molecule has 0 unspecified atom stereocenters. The number of anilines is 1. The summed E-state index contributed by atoms with van der Waals surface area (Å²) in [7, 11) is 0. The molecular formula is C15H13FN2O2S. The van der Waals surface area contributed by atoms with Gasteiger partial charge < -0.3 is 11.1 Å². The highest BCUT2D eigenvalue weighted by Gasteiger charge is 2.27. The zero-order valence-electron chi connectivity index (χ0n) is 11.3. The molecule has 2 aromatic rings. The second kappa shape index (κ2) is 4.96. The van der Waals surface area contributed by atoms with Gasteiger partial charge in [0, 0.05) is 11.8 Å². The van der Waals surface area contributed by atoms with Crippen molar-refractivity contribution in [3.05, 3.63) is 40.7 Å². The molecule has 0 fully saturated rings. The number of carbonyl (C=O) groups excluding carboxylic acids is 2. The number of fused-ring (bicyclic) bond motifs is 3. The molecule has 1 aromatic carbocycles. The summed E-state index contributed by atoms with van der Waals surface area (Å²) >= 11 is 1.27. The molecule has 2 amide bonds. The lowest BCUT2D eigenvalue weighted by Crippen LogP contribution is -2.17. The van der Waals surface area contributed by atoms with Gasteiger partial charge >= 0.3 is 0 Å². The quantitative estimate of drug-likeness (QED) is 0.895. The van der Waals surface area contributed by atoms with Crippen molar-refractivity contribution in [1.82, 2.24) is 0 Å². The van der Waals surface area contributed by atoms with Gasteiger partial charge in [-0.05, 0) is 41.7 Å². The fourth-order valence-electron chi connectivity index (χ4n) is 2.67. The normalized spacial score (nSPS) is 12.5. The minimum absolute atomic E-state index is 0.268. The lowest BCUT2D eigenvalue weighted by Gasteiger charge is -2.16. The highest BCUT2D eigenvalue weighted by Crippen LogP contribution is 2.45. The van der Waals surface area contributed by atoms with Crippen molar-refractivity contribution in [2.75, 3.05) is 5.32 Å². The molecule has 0 saturated carbocycles. The zero-order chi connectivity index (χ0) is 15.1. The number of benzene rings is 1. The van der Waals surface area contributed by atoms with Gasteiger partial charge in [-0.2, -0.15) is 0 Å². The van der Waals surface area contributed by atoms with Crippen LogP contribution in [0, 0.1) is 5.82 Å². The minimum Gasteiger partial charge on any atom is -0.365 e. The van der Waals surface area contributed by atoms with Crippen molar-refractivity contribution in [2.45, 2.75) is 19.8 Å². The van der Waals surface area contributed by atoms with Gasteiger partial charge in [-0.3, -0.25) is 9.59 Å². The number of hydrogen-bond acceptors (Lipinski definition) is 3. The first-order valence-electron chi connectivity index (χ1n) is 6.49. The monoisotopic (exact) mass is 304 g/mol. The number of nitrogens with two attached hydrogens (primary N) is 1. The van der Waals surface area contributed by atoms with Crippen LogP contribution in [0.2, 0.25) is 0 Å². The Morgan fingerprint density at radius 2 is 2.10 bits per heavy atom. The Kier molecular flexibility index (Phi) is 3.25. The van der Waals surface area contributed by atoms with E-state index in [0.717, 1.165) is 28.0 Å². The van der Waals surface area contributed by atoms with Gasteiger partial charge in [-0.25, -0.2) is 4.39 Å².